The van der Waals surface area contributed by atoms with E-state index in [2.05, 4.69) is 133 Å². The Kier molecular flexibility index (Phi) is 8.38. The first-order valence-electron chi connectivity index (χ1n) is 18.9. The van der Waals surface area contributed by atoms with E-state index in [1.54, 1.807) is 0 Å². The van der Waals surface area contributed by atoms with Crippen LogP contribution in [0.4, 0.5) is 0 Å². The van der Waals surface area contributed by atoms with Gasteiger partial charge in [-0.3, -0.25) is 0 Å². The van der Waals surface area contributed by atoms with E-state index in [4.69, 9.17) is 23.8 Å². The maximum Gasteiger partial charge on any atom is 0.164 e. The zero-order chi connectivity index (χ0) is 37.4. The summed E-state index contributed by atoms with van der Waals surface area (Å²) in [6, 6.07) is 56.2. The lowest BCUT2D eigenvalue weighted by Gasteiger charge is -2.10. The lowest BCUT2D eigenvalue weighted by molar-refractivity contribution is 0.668. The Morgan fingerprint density at radius 1 is 0.464 bits per heavy atom. The molecule has 0 radical (unpaired) electrons. The highest BCUT2D eigenvalue weighted by Crippen LogP contribution is 2.37. The Hall–Kier alpha value is -7.37. The van der Waals surface area contributed by atoms with Crippen LogP contribution in [0, 0.1) is 0 Å². The summed E-state index contributed by atoms with van der Waals surface area (Å²) in [7, 11) is 0. The maximum atomic E-state index is 6.18. The second-order valence-electron chi connectivity index (χ2n) is 13.8. The fourth-order valence-corrected chi connectivity index (χ4v) is 7.65. The molecule has 56 heavy (non-hydrogen) atoms. The van der Waals surface area contributed by atoms with Crippen LogP contribution in [0.1, 0.15) is 18.3 Å². The number of fused-ring (bicyclic) bond motifs is 6. The lowest BCUT2D eigenvalue weighted by Crippen LogP contribution is -2.02. The van der Waals surface area contributed by atoms with Crippen LogP contribution >= 0.6 is 0 Å². The fraction of sp³-hybridized carbons (Fsp3) is 0.0392. The van der Waals surface area contributed by atoms with Crippen molar-refractivity contribution < 1.29 is 8.83 Å². The average Bonchev–Trinajstić information content (AvgIpc) is 3.85. The molecule has 5 nitrogen and oxygen atoms in total. The first-order chi connectivity index (χ1) is 27.7. The average molecular weight is 722 g/mol. The smallest absolute Gasteiger partial charge is 0.164 e. The highest BCUT2D eigenvalue weighted by molar-refractivity contribution is 6.12. The highest BCUT2D eigenvalue weighted by Gasteiger charge is 2.16. The van der Waals surface area contributed by atoms with Gasteiger partial charge in [0.2, 0.25) is 0 Å². The van der Waals surface area contributed by atoms with Crippen molar-refractivity contribution in [3.05, 3.63) is 193 Å². The summed E-state index contributed by atoms with van der Waals surface area (Å²) in [5, 5.41) is 4.50. The largest absolute Gasteiger partial charge is 0.456 e. The van der Waals surface area contributed by atoms with Gasteiger partial charge < -0.3 is 8.83 Å². The zero-order valence-corrected chi connectivity index (χ0v) is 30.7. The number of para-hydroxylation sites is 2. The van der Waals surface area contributed by atoms with Crippen molar-refractivity contribution in [2.24, 2.45) is 0 Å². The van der Waals surface area contributed by atoms with Crippen LogP contribution in [0.5, 0.6) is 0 Å². The van der Waals surface area contributed by atoms with Crippen LogP contribution in [0.2, 0.25) is 0 Å². The van der Waals surface area contributed by atoms with E-state index in [-0.39, 0.29) is 0 Å². The van der Waals surface area contributed by atoms with Crippen LogP contribution < -0.4 is 0 Å². The number of aromatic nitrogens is 3. The molecule has 0 spiro atoms. The normalized spacial score (nSPS) is 12.1. The first-order valence-corrected chi connectivity index (χ1v) is 18.9. The Balaban J connectivity index is 1.02. The third kappa shape index (κ3) is 6.05. The topological polar surface area (TPSA) is 65.0 Å². The molecule has 0 atom stereocenters. The predicted molar refractivity (Wildman–Crippen MR) is 229 cm³/mol. The minimum atomic E-state index is 0.609. The molecular formula is C51H35N3O2. The second-order valence-corrected chi connectivity index (χ2v) is 13.8. The van der Waals surface area contributed by atoms with Gasteiger partial charge in [-0.1, -0.05) is 158 Å². The number of hydrogen-bond donors (Lipinski definition) is 0. The summed E-state index contributed by atoms with van der Waals surface area (Å²) >= 11 is 0. The summed E-state index contributed by atoms with van der Waals surface area (Å²) in [6.45, 7) is 2.02. The molecule has 10 aromatic rings. The molecule has 0 aliphatic rings. The molecule has 0 saturated heterocycles. The molecule has 3 aromatic heterocycles. The monoisotopic (exact) mass is 721 g/mol. The van der Waals surface area contributed by atoms with Gasteiger partial charge in [0.15, 0.2) is 17.5 Å². The molecular weight excluding hydrogens is 687 g/mol. The van der Waals surface area contributed by atoms with Crippen molar-refractivity contribution in [2.45, 2.75) is 13.3 Å². The van der Waals surface area contributed by atoms with E-state index < -0.39 is 0 Å². The van der Waals surface area contributed by atoms with Crippen LogP contribution in [-0.2, 0) is 6.42 Å². The number of rotatable bonds is 8. The molecule has 7 aromatic carbocycles. The number of benzene rings is 7. The minimum absolute atomic E-state index is 0.609. The number of furan rings is 2. The Morgan fingerprint density at radius 3 is 1.64 bits per heavy atom. The summed E-state index contributed by atoms with van der Waals surface area (Å²) < 4.78 is 12.3. The molecule has 5 heteroatoms. The maximum absolute atomic E-state index is 6.18. The number of hydrogen-bond acceptors (Lipinski definition) is 5. The van der Waals surface area contributed by atoms with Crippen molar-refractivity contribution in [1.82, 2.24) is 15.0 Å². The Morgan fingerprint density at radius 2 is 0.982 bits per heavy atom. The third-order valence-electron chi connectivity index (χ3n) is 10.4. The van der Waals surface area contributed by atoms with Crippen molar-refractivity contribution in [3.8, 4) is 45.0 Å². The van der Waals surface area contributed by atoms with E-state index in [0.29, 0.717) is 17.5 Å². The van der Waals surface area contributed by atoms with E-state index in [9.17, 15) is 0 Å². The molecule has 0 unspecified atom stereocenters. The standard InChI is InChI=1S/C51H35N3O2/c1-2-33(15-10-16-37-17-11-23-45-47(37)41-18-6-8-21-43(41)55-45)49-52-50(38-29-25-35(26-30-38)34-13-4-3-5-14-34)54-51(53-49)39-31-27-36(28-32-39)40-20-12-24-46-48(40)42-19-7-9-22-44(42)56-46/h2-15,17-32H,16H2,1H3/b15-10-,33-2+. The molecule has 0 fully saturated rings. The quantitative estimate of drug-likeness (QED) is 0.146. The molecule has 0 amide bonds. The van der Waals surface area contributed by atoms with Gasteiger partial charge in [0.1, 0.15) is 22.3 Å². The Labute approximate surface area is 324 Å². The van der Waals surface area contributed by atoms with E-state index in [1.165, 1.54) is 5.56 Å². The van der Waals surface area contributed by atoms with Gasteiger partial charge in [0, 0.05) is 38.2 Å². The van der Waals surface area contributed by atoms with Crippen molar-refractivity contribution >= 4 is 49.5 Å². The van der Waals surface area contributed by atoms with Gasteiger partial charge in [-0.05, 0) is 65.4 Å². The molecule has 0 bridgehead atoms. The van der Waals surface area contributed by atoms with E-state index in [0.717, 1.165) is 89.3 Å². The molecule has 10 rings (SSSR count). The summed E-state index contributed by atoms with van der Waals surface area (Å²) in [6.07, 6.45) is 7.08. The third-order valence-corrected chi connectivity index (χ3v) is 10.4. The van der Waals surface area contributed by atoms with Crippen LogP contribution in [0.15, 0.2) is 191 Å². The van der Waals surface area contributed by atoms with Crippen LogP contribution in [0.3, 0.4) is 0 Å². The lowest BCUT2D eigenvalue weighted by atomic mass is 9.98. The second kappa shape index (κ2) is 14.1. The van der Waals surface area contributed by atoms with Gasteiger partial charge in [-0.2, -0.15) is 0 Å². The molecule has 0 aliphatic carbocycles. The highest BCUT2D eigenvalue weighted by atomic mass is 16.3. The van der Waals surface area contributed by atoms with Crippen molar-refractivity contribution in [2.75, 3.05) is 0 Å². The fourth-order valence-electron chi connectivity index (χ4n) is 7.65. The molecule has 0 aliphatic heterocycles. The van der Waals surface area contributed by atoms with E-state index >= 15 is 0 Å². The summed E-state index contributed by atoms with van der Waals surface area (Å²) in [5.41, 5.74) is 12.0. The van der Waals surface area contributed by atoms with Gasteiger partial charge in [0.25, 0.3) is 0 Å². The van der Waals surface area contributed by atoms with Crippen molar-refractivity contribution in [3.63, 3.8) is 0 Å². The minimum Gasteiger partial charge on any atom is -0.456 e. The first kappa shape index (κ1) is 33.2. The summed E-state index contributed by atoms with van der Waals surface area (Å²) in [5.74, 6) is 1.84. The van der Waals surface area contributed by atoms with Gasteiger partial charge >= 0.3 is 0 Å². The molecule has 0 saturated carbocycles. The molecule has 3 heterocycles. The van der Waals surface area contributed by atoms with Gasteiger partial charge in [0.05, 0.1) is 0 Å². The van der Waals surface area contributed by atoms with Crippen LogP contribution in [-0.4, -0.2) is 15.0 Å². The van der Waals surface area contributed by atoms with Crippen LogP contribution in [0.25, 0.3) is 94.5 Å². The van der Waals surface area contributed by atoms with Gasteiger partial charge in [-0.25, -0.2) is 15.0 Å². The predicted octanol–water partition coefficient (Wildman–Crippen LogP) is 13.5. The Bertz CT molecular complexity index is 3100. The van der Waals surface area contributed by atoms with E-state index in [1.807, 2.05) is 55.5 Å². The molecule has 0 N–H and O–H groups in total. The number of allylic oxidation sites excluding steroid dienone is 4. The molecule has 266 valence electrons. The summed E-state index contributed by atoms with van der Waals surface area (Å²) in [4.78, 5) is 15.2. The number of nitrogens with zero attached hydrogens (tertiary/aromatic N) is 3. The zero-order valence-electron chi connectivity index (χ0n) is 30.7. The van der Waals surface area contributed by atoms with Crippen molar-refractivity contribution in [1.29, 1.82) is 0 Å². The SMILES string of the molecule is C/C=C(\C=C/Cc1cccc2oc3ccccc3c12)c1nc(-c2ccc(-c3ccccc3)cc2)nc(-c2ccc(-c3cccc4oc5ccccc5c34)cc2)n1. The van der Waals surface area contributed by atoms with Gasteiger partial charge in [-0.15, -0.1) is 0 Å².